The first kappa shape index (κ1) is 42.2. The average molecular weight is 799 g/mol. The zero-order valence-electron chi connectivity index (χ0n) is 34.3. The number of fused-ring (bicyclic) bond motifs is 10. The molecule has 2 N–H and O–H groups in total. The van der Waals surface area contributed by atoms with Crippen LogP contribution >= 0.6 is 0 Å². The van der Waals surface area contributed by atoms with E-state index in [0.717, 1.165) is 6.08 Å². The molecule has 1 aliphatic carbocycles. The van der Waals surface area contributed by atoms with Crippen LogP contribution in [0.4, 0.5) is 0 Å². The van der Waals surface area contributed by atoms with Crippen LogP contribution in [0.15, 0.2) is 72.4 Å². The van der Waals surface area contributed by atoms with Crippen molar-refractivity contribution in [2.75, 3.05) is 7.11 Å². The van der Waals surface area contributed by atoms with E-state index in [1.807, 2.05) is 47.6 Å². The summed E-state index contributed by atoms with van der Waals surface area (Å²) in [5.74, 6) is -8.82. The molecule has 0 saturated carbocycles. The fourth-order valence-corrected chi connectivity index (χ4v) is 8.19. The second-order valence-electron chi connectivity index (χ2n) is 16.0. The number of aromatic nitrogens is 1. The maximum atomic E-state index is 14.1. The van der Waals surface area contributed by atoms with Gasteiger partial charge in [0.15, 0.2) is 11.6 Å². The van der Waals surface area contributed by atoms with Gasteiger partial charge in [-0.2, -0.15) is 0 Å². The number of methoxy groups -OCH3 is 1. The van der Waals surface area contributed by atoms with Crippen molar-refractivity contribution in [2.45, 2.75) is 98.3 Å². The summed E-state index contributed by atoms with van der Waals surface area (Å²) in [7, 11) is 1.49. The van der Waals surface area contributed by atoms with Gasteiger partial charge in [0.2, 0.25) is 5.78 Å². The molecule has 5 heterocycles. The van der Waals surface area contributed by atoms with Gasteiger partial charge in [-0.3, -0.25) is 24.2 Å². The standard InChI is InChI=1S/C44H50N2O12/c1-21-13-11-14-22(2)41(51)46-28-19-29(47)31-32(35(28)49)34(48)24(4)39-33(31)40(50)44(9,58-39)54-18-16-30(53-10)23(3)37(55-42(52)27-15-12-17-45-20-27)26(6)38-25(5)36(21)56-43(7,8)57-38/h11-21,23,25-26,30,36-38,48H,1-10H3,(H,46,51)/b13-11+,18-16+,22-14-/t21-,23+,25+,26-,30-,36-,37+,38+,44-/m0/s1. The third-order valence-corrected chi connectivity index (χ3v) is 11.4. The molecule has 14 heteroatoms. The first-order valence-electron chi connectivity index (χ1n) is 19.2. The highest BCUT2D eigenvalue weighted by Crippen LogP contribution is 2.48. The lowest BCUT2D eigenvalue weighted by atomic mass is 9.77. The zero-order valence-corrected chi connectivity index (χ0v) is 34.3. The number of carbonyl (C=O) groups is 5. The normalized spacial score (nSPS) is 33.1. The molecule has 1 saturated heterocycles. The Morgan fingerprint density at radius 2 is 1.64 bits per heavy atom. The van der Waals surface area contributed by atoms with Crippen molar-refractivity contribution in [2.24, 2.45) is 23.7 Å². The van der Waals surface area contributed by atoms with Crippen molar-refractivity contribution in [1.29, 1.82) is 0 Å². The van der Waals surface area contributed by atoms with Crippen molar-refractivity contribution >= 4 is 29.2 Å². The number of esters is 1. The summed E-state index contributed by atoms with van der Waals surface area (Å²) in [6.45, 7) is 15.8. The lowest BCUT2D eigenvalue weighted by Crippen LogP contribution is -2.56. The topological polar surface area (TPSA) is 186 Å². The first-order chi connectivity index (χ1) is 27.3. The molecule has 5 aliphatic rings. The van der Waals surface area contributed by atoms with E-state index in [4.69, 9.17) is 28.4 Å². The monoisotopic (exact) mass is 798 g/mol. The number of Topliss-reactive ketones (excluding diaryl/α,β-unsaturated/α-hetero) is 2. The Hall–Kier alpha value is -5.44. The molecule has 0 radical (unpaired) electrons. The predicted octanol–water partition coefficient (Wildman–Crippen LogP) is 6.12. The van der Waals surface area contributed by atoms with Gasteiger partial charge in [0.1, 0.15) is 17.6 Å². The summed E-state index contributed by atoms with van der Waals surface area (Å²) >= 11 is 0. The Kier molecular flexibility index (Phi) is 11.7. The van der Waals surface area contributed by atoms with Gasteiger partial charge in [0.25, 0.3) is 11.7 Å². The first-order valence-corrected chi connectivity index (χ1v) is 19.2. The van der Waals surface area contributed by atoms with Gasteiger partial charge in [-0.05, 0) is 45.9 Å². The number of aromatic hydroxyl groups is 1. The fourth-order valence-electron chi connectivity index (χ4n) is 8.19. The maximum Gasteiger partial charge on any atom is 0.339 e. The second-order valence-corrected chi connectivity index (χ2v) is 16.0. The Labute approximate surface area is 337 Å². The number of phenols is 1. The molecule has 7 rings (SSSR count). The Balaban J connectivity index is 1.45. The molecule has 0 unspecified atom stereocenters. The zero-order chi connectivity index (χ0) is 42.4. The molecule has 9 atom stereocenters. The molecule has 1 aromatic heterocycles. The summed E-state index contributed by atoms with van der Waals surface area (Å²) in [6, 6.07) is 3.25. The Morgan fingerprint density at radius 1 is 0.931 bits per heavy atom. The highest BCUT2D eigenvalue weighted by atomic mass is 16.7. The number of benzene rings is 1. The summed E-state index contributed by atoms with van der Waals surface area (Å²) < 4.78 is 37.3. The maximum absolute atomic E-state index is 14.1. The molecule has 1 aromatic carbocycles. The van der Waals surface area contributed by atoms with Gasteiger partial charge in [-0.15, -0.1) is 0 Å². The van der Waals surface area contributed by atoms with E-state index < -0.39 is 82.3 Å². The van der Waals surface area contributed by atoms with E-state index >= 15 is 0 Å². The third kappa shape index (κ3) is 7.75. The van der Waals surface area contributed by atoms with E-state index in [1.165, 1.54) is 33.4 Å². The van der Waals surface area contributed by atoms with Crippen molar-refractivity contribution in [1.82, 2.24) is 10.3 Å². The Bertz CT molecular complexity index is 2150. The van der Waals surface area contributed by atoms with Crippen LogP contribution in [-0.4, -0.2) is 82.4 Å². The smallest absolute Gasteiger partial charge is 0.339 e. The van der Waals surface area contributed by atoms with E-state index in [9.17, 15) is 29.1 Å². The molecule has 14 nitrogen and oxygen atoms in total. The van der Waals surface area contributed by atoms with Gasteiger partial charge in [0, 0.05) is 67.3 Å². The van der Waals surface area contributed by atoms with E-state index in [0.29, 0.717) is 0 Å². The quantitative estimate of drug-likeness (QED) is 0.339. The highest BCUT2D eigenvalue weighted by Gasteiger charge is 2.52. The second kappa shape index (κ2) is 16.1. The largest absolute Gasteiger partial charge is 0.507 e. The molecular weight excluding hydrogens is 748 g/mol. The number of pyridine rings is 1. The molecule has 58 heavy (non-hydrogen) atoms. The number of ether oxygens (including phenoxy) is 6. The van der Waals surface area contributed by atoms with Crippen LogP contribution in [0.1, 0.15) is 102 Å². The molecule has 2 aromatic rings. The van der Waals surface area contributed by atoms with Crippen LogP contribution in [0.25, 0.3) is 0 Å². The van der Waals surface area contributed by atoms with Gasteiger partial charge >= 0.3 is 11.8 Å². The molecule has 1 amide bonds. The molecule has 0 spiro atoms. The molecule has 1 fully saturated rings. The minimum atomic E-state index is -2.03. The van der Waals surface area contributed by atoms with Crippen LogP contribution < -0.4 is 10.1 Å². The molecule has 4 aliphatic heterocycles. The number of phenolic OH excluding ortho intramolecular Hbond substituents is 1. The van der Waals surface area contributed by atoms with Crippen LogP contribution in [-0.2, 0) is 28.5 Å². The third-order valence-electron chi connectivity index (χ3n) is 11.4. The SMILES string of the molecule is CO[C@H]1/C=C/O[C@@]2(C)Oc3c(C)c(O)c4c(c3C2=O)C(=O)C=C(NC(=O)/C(C)=C\C=C\[C@H](C)[C@@H]2OC(C)(C)O[C@@H]([C@@H](C)[C@H](OC(=O)c3cccnc3)[C@@H]1C)[C@@H]2C)C4=O. The van der Waals surface area contributed by atoms with Crippen molar-refractivity contribution < 1.29 is 57.5 Å². The molecular formula is C44H50N2O12. The lowest BCUT2D eigenvalue weighted by Gasteiger charge is -2.50. The van der Waals surface area contributed by atoms with Crippen LogP contribution in [0, 0.1) is 30.6 Å². The number of amides is 1. The highest BCUT2D eigenvalue weighted by molar-refractivity contribution is 6.30. The van der Waals surface area contributed by atoms with Gasteiger partial charge in [-0.1, -0.05) is 45.9 Å². The number of hydrogen-bond donors (Lipinski definition) is 2. The van der Waals surface area contributed by atoms with Crippen molar-refractivity contribution in [3.05, 3.63) is 100 Å². The van der Waals surface area contributed by atoms with E-state index in [1.54, 1.807) is 43.5 Å². The molecule has 308 valence electrons. The lowest BCUT2D eigenvalue weighted by molar-refractivity contribution is -0.336. The average Bonchev–Trinajstić information content (AvgIpc) is 3.45. The van der Waals surface area contributed by atoms with Crippen LogP contribution in [0.5, 0.6) is 11.5 Å². The number of hydrogen-bond acceptors (Lipinski definition) is 13. The number of rotatable bonds is 3. The summed E-state index contributed by atoms with van der Waals surface area (Å²) in [5, 5.41) is 13.7. The van der Waals surface area contributed by atoms with E-state index in [2.05, 4.69) is 10.3 Å². The number of ketones is 3. The fraction of sp³-hybridized carbons (Fsp3) is 0.455. The summed E-state index contributed by atoms with van der Waals surface area (Å²) in [4.78, 5) is 72.7. The van der Waals surface area contributed by atoms with Gasteiger partial charge < -0.3 is 38.8 Å². The van der Waals surface area contributed by atoms with Crippen molar-refractivity contribution in [3.8, 4) is 11.5 Å². The van der Waals surface area contributed by atoms with Crippen LogP contribution in [0.3, 0.4) is 0 Å². The van der Waals surface area contributed by atoms with Gasteiger partial charge in [0.05, 0.1) is 52.5 Å². The number of carbonyl (C=O) groups excluding carboxylic acids is 5. The number of nitrogens with zero attached hydrogens (tertiary/aromatic N) is 1. The van der Waals surface area contributed by atoms with E-state index in [-0.39, 0.29) is 57.2 Å². The van der Waals surface area contributed by atoms with Crippen molar-refractivity contribution in [3.63, 3.8) is 0 Å². The summed E-state index contributed by atoms with van der Waals surface area (Å²) in [5.41, 5.74) is -0.875. The van der Waals surface area contributed by atoms with Gasteiger partial charge in [-0.25, -0.2) is 4.79 Å². The number of nitrogens with one attached hydrogen (secondary N) is 1. The minimum Gasteiger partial charge on any atom is -0.507 e. The summed E-state index contributed by atoms with van der Waals surface area (Å²) in [6.07, 6.45) is 9.45. The predicted molar refractivity (Wildman–Crippen MR) is 209 cm³/mol. The van der Waals surface area contributed by atoms with Crippen LogP contribution in [0.2, 0.25) is 0 Å². The Morgan fingerprint density at radius 3 is 2.31 bits per heavy atom. The minimum absolute atomic E-state index is 0.0254. The number of allylic oxidation sites excluding steroid dienone is 4. The molecule has 7 bridgehead atoms.